The number of nitrogens with one attached hydrogen (secondary N) is 2. The molecule has 0 saturated carbocycles. The maximum atomic E-state index is 12.1. The predicted molar refractivity (Wildman–Crippen MR) is 125 cm³/mol. The van der Waals surface area contributed by atoms with Crippen LogP contribution in [-0.4, -0.2) is 57.9 Å². The van der Waals surface area contributed by atoms with Gasteiger partial charge >= 0.3 is 6.09 Å². The lowest BCUT2D eigenvalue weighted by atomic mass is 10.1. The summed E-state index contributed by atoms with van der Waals surface area (Å²) in [6, 6.07) is 8.04. The zero-order chi connectivity index (χ0) is 22.9. The summed E-state index contributed by atoms with van der Waals surface area (Å²) >= 11 is 0. The van der Waals surface area contributed by atoms with Gasteiger partial charge in [-0.2, -0.15) is 0 Å². The Labute approximate surface area is 184 Å². The molecule has 0 spiro atoms. The van der Waals surface area contributed by atoms with Gasteiger partial charge in [0.2, 0.25) is 0 Å². The third-order valence-corrected chi connectivity index (χ3v) is 6.04. The van der Waals surface area contributed by atoms with Gasteiger partial charge in [-0.3, -0.25) is 9.20 Å². The molecule has 1 unspecified atom stereocenters. The molecule has 2 N–H and O–H groups in total. The summed E-state index contributed by atoms with van der Waals surface area (Å²) in [4.78, 5) is 17.8. The van der Waals surface area contributed by atoms with E-state index in [1.165, 1.54) is 0 Å². The van der Waals surface area contributed by atoms with Crippen LogP contribution in [-0.2, 0) is 28.6 Å². The molecule has 7 nitrogen and oxygen atoms in total. The van der Waals surface area contributed by atoms with Crippen LogP contribution in [0.1, 0.15) is 52.7 Å². The number of aliphatic imine (C=N–C) groups is 1. The standard InChI is InChI=1S/C22H38N4O3S/c1-21(2,3)29-20(27)26(8)16-18-11-9-17(10-12-18)15-25-19(23-7)24-13-14-30(28)22(4,5)6/h9-12H,13-16H2,1-8H3,(H2,23,24,25). The molecular weight excluding hydrogens is 400 g/mol. The number of hydrogen-bond acceptors (Lipinski definition) is 4. The van der Waals surface area contributed by atoms with Gasteiger partial charge in [0.15, 0.2) is 5.96 Å². The molecule has 0 heterocycles. The molecule has 0 aromatic heterocycles. The lowest BCUT2D eigenvalue weighted by Gasteiger charge is -2.24. The van der Waals surface area contributed by atoms with Gasteiger partial charge in [-0.15, -0.1) is 0 Å². The monoisotopic (exact) mass is 438 g/mol. The van der Waals surface area contributed by atoms with E-state index in [1.54, 1.807) is 19.0 Å². The third kappa shape index (κ3) is 10.1. The number of ether oxygens (including phenoxy) is 1. The summed E-state index contributed by atoms with van der Waals surface area (Å²) in [5.74, 6) is 1.25. The Balaban J connectivity index is 2.48. The smallest absolute Gasteiger partial charge is 0.410 e. The Bertz CT molecular complexity index is 734. The lowest BCUT2D eigenvalue weighted by molar-refractivity contribution is 0.0285. The van der Waals surface area contributed by atoms with Gasteiger partial charge in [0.25, 0.3) is 0 Å². The summed E-state index contributed by atoms with van der Waals surface area (Å²) < 4.78 is 17.3. The molecule has 1 aromatic rings. The fourth-order valence-corrected chi connectivity index (χ4v) is 3.32. The van der Waals surface area contributed by atoms with Crippen LogP contribution in [0.2, 0.25) is 0 Å². The molecule has 0 bridgehead atoms. The molecule has 30 heavy (non-hydrogen) atoms. The highest BCUT2D eigenvalue weighted by atomic mass is 32.2. The molecule has 0 aliphatic rings. The van der Waals surface area contributed by atoms with E-state index in [0.717, 1.165) is 11.1 Å². The first kappa shape index (κ1) is 25.9. The van der Waals surface area contributed by atoms with Crippen LogP contribution in [0.4, 0.5) is 4.79 Å². The van der Waals surface area contributed by atoms with Gasteiger partial charge in [0.05, 0.1) is 0 Å². The van der Waals surface area contributed by atoms with Crippen LogP contribution in [0, 0.1) is 0 Å². The Morgan fingerprint density at radius 3 is 2.13 bits per heavy atom. The number of guanidine groups is 1. The van der Waals surface area contributed by atoms with E-state index in [2.05, 4.69) is 15.6 Å². The van der Waals surface area contributed by atoms with Gasteiger partial charge in [-0.1, -0.05) is 24.3 Å². The highest BCUT2D eigenvalue weighted by Crippen LogP contribution is 2.12. The first-order valence-electron chi connectivity index (χ1n) is 10.2. The largest absolute Gasteiger partial charge is 0.444 e. The van der Waals surface area contributed by atoms with Crippen LogP contribution in [0.5, 0.6) is 0 Å². The number of benzene rings is 1. The molecule has 1 rings (SSSR count). The molecule has 0 aliphatic heterocycles. The van der Waals surface area contributed by atoms with E-state index in [9.17, 15) is 9.00 Å². The zero-order valence-corrected chi connectivity index (χ0v) is 20.5. The lowest BCUT2D eigenvalue weighted by Crippen LogP contribution is -2.40. The number of hydrogen-bond donors (Lipinski definition) is 2. The van der Waals surface area contributed by atoms with E-state index in [1.807, 2.05) is 65.8 Å². The molecule has 1 atom stereocenters. The summed E-state index contributed by atoms with van der Waals surface area (Å²) in [5.41, 5.74) is 1.62. The van der Waals surface area contributed by atoms with Gasteiger partial charge in [-0.05, 0) is 52.7 Å². The van der Waals surface area contributed by atoms with Gasteiger partial charge < -0.3 is 20.3 Å². The van der Waals surface area contributed by atoms with Crippen molar-refractivity contribution in [1.82, 2.24) is 15.5 Å². The molecule has 0 fully saturated rings. The number of nitrogens with zero attached hydrogens (tertiary/aromatic N) is 2. The van der Waals surface area contributed by atoms with Crippen LogP contribution in [0.15, 0.2) is 29.3 Å². The van der Waals surface area contributed by atoms with Crippen molar-refractivity contribution in [2.45, 2.75) is 65.0 Å². The van der Waals surface area contributed by atoms with Crippen molar-refractivity contribution in [3.8, 4) is 0 Å². The highest BCUT2D eigenvalue weighted by Gasteiger charge is 2.20. The molecule has 8 heteroatoms. The van der Waals surface area contributed by atoms with Crippen molar-refractivity contribution in [1.29, 1.82) is 0 Å². The van der Waals surface area contributed by atoms with Crippen LogP contribution in [0.25, 0.3) is 0 Å². The second-order valence-electron chi connectivity index (χ2n) is 9.17. The Hall–Kier alpha value is -2.09. The molecule has 0 aliphatic carbocycles. The minimum Gasteiger partial charge on any atom is -0.444 e. The number of rotatable bonds is 7. The van der Waals surface area contributed by atoms with Crippen LogP contribution < -0.4 is 10.6 Å². The average molecular weight is 439 g/mol. The zero-order valence-electron chi connectivity index (χ0n) is 19.7. The van der Waals surface area contributed by atoms with E-state index in [0.29, 0.717) is 31.3 Å². The van der Waals surface area contributed by atoms with E-state index >= 15 is 0 Å². The van der Waals surface area contributed by atoms with E-state index < -0.39 is 16.4 Å². The van der Waals surface area contributed by atoms with Crippen molar-refractivity contribution in [2.75, 3.05) is 26.4 Å². The second-order valence-corrected chi connectivity index (χ2v) is 11.5. The predicted octanol–water partition coefficient (Wildman–Crippen LogP) is 3.27. The van der Waals surface area contributed by atoms with Gasteiger partial charge in [0, 0.05) is 55.0 Å². The summed E-state index contributed by atoms with van der Waals surface area (Å²) in [6.07, 6.45) is -0.337. The Kier molecular flexibility index (Phi) is 9.81. The molecule has 1 aromatic carbocycles. The fraction of sp³-hybridized carbons (Fsp3) is 0.636. The van der Waals surface area contributed by atoms with E-state index in [-0.39, 0.29) is 10.8 Å². The normalized spacial score (nSPS) is 13.5. The Morgan fingerprint density at radius 1 is 1.07 bits per heavy atom. The number of amides is 1. The van der Waals surface area contributed by atoms with Crippen molar-refractivity contribution in [3.05, 3.63) is 35.4 Å². The molecule has 170 valence electrons. The van der Waals surface area contributed by atoms with Crippen LogP contribution >= 0.6 is 0 Å². The van der Waals surface area contributed by atoms with Crippen molar-refractivity contribution < 1.29 is 13.7 Å². The number of carbonyl (C=O) groups excluding carboxylic acids is 1. The Morgan fingerprint density at radius 2 is 1.63 bits per heavy atom. The summed E-state index contributed by atoms with van der Waals surface area (Å²) in [5, 5.41) is 6.46. The van der Waals surface area contributed by atoms with E-state index in [4.69, 9.17) is 4.74 Å². The molecule has 0 radical (unpaired) electrons. The van der Waals surface area contributed by atoms with Crippen LogP contribution in [0.3, 0.4) is 0 Å². The number of carbonyl (C=O) groups is 1. The first-order chi connectivity index (χ1) is 13.8. The molecule has 1 amide bonds. The quantitative estimate of drug-likeness (QED) is 0.504. The van der Waals surface area contributed by atoms with Crippen molar-refractivity contribution in [2.24, 2.45) is 4.99 Å². The fourth-order valence-electron chi connectivity index (χ4n) is 2.42. The second kappa shape index (κ2) is 11.3. The maximum absolute atomic E-state index is 12.1. The molecule has 0 saturated heterocycles. The van der Waals surface area contributed by atoms with Crippen molar-refractivity contribution in [3.63, 3.8) is 0 Å². The third-order valence-electron chi connectivity index (χ3n) is 4.09. The maximum Gasteiger partial charge on any atom is 0.410 e. The highest BCUT2D eigenvalue weighted by molar-refractivity contribution is 7.86. The SMILES string of the molecule is CN=C(NCCS(=O)C(C)(C)C)NCc1ccc(CN(C)C(=O)OC(C)(C)C)cc1. The average Bonchev–Trinajstić information content (AvgIpc) is 2.63. The molecular formula is C22H38N4O3S. The summed E-state index contributed by atoms with van der Waals surface area (Å²) in [7, 11) is 2.55. The van der Waals surface area contributed by atoms with Gasteiger partial charge in [0.1, 0.15) is 5.60 Å². The minimum absolute atomic E-state index is 0.210. The van der Waals surface area contributed by atoms with Gasteiger partial charge in [-0.25, -0.2) is 4.79 Å². The topological polar surface area (TPSA) is 83.0 Å². The first-order valence-corrected chi connectivity index (χ1v) is 11.5. The van der Waals surface area contributed by atoms with Crippen molar-refractivity contribution >= 4 is 22.9 Å². The summed E-state index contributed by atoms with van der Waals surface area (Å²) in [6.45, 7) is 13.2. The minimum atomic E-state index is -0.895.